The lowest BCUT2D eigenvalue weighted by Crippen LogP contribution is -2.39. The Hall–Kier alpha value is -6.58. The van der Waals surface area contributed by atoms with Crippen molar-refractivity contribution in [2.45, 2.75) is 84.5 Å². The molecule has 0 saturated carbocycles. The molecule has 308 valence electrons. The number of benzene rings is 6. The topological polar surface area (TPSA) is 29.0 Å². The van der Waals surface area contributed by atoms with Crippen LogP contribution in [-0.2, 0) is 5.41 Å². The van der Waals surface area contributed by atoms with Gasteiger partial charge in [-0.25, -0.2) is 0 Å². The zero-order chi connectivity index (χ0) is 43.1. The molecule has 9 rings (SSSR count). The summed E-state index contributed by atoms with van der Waals surface area (Å²) < 4.78 is 0. The monoisotopic (exact) mass is 807 g/mol. The van der Waals surface area contributed by atoms with Gasteiger partial charge in [-0.1, -0.05) is 177 Å². The predicted octanol–water partition coefficient (Wildman–Crippen LogP) is 16.1. The third-order valence-corrected chi connectivity index (χ3v) is 12.9. The van der Waals surface area contributed by atoms with Gasteiger partial charge in [0.1, 0.15) is 5.41 Å². The van der Waals surface area contributed by atoms with E-state index in [0.717, 1.165) is 50.8 Å². The minimum Gasteiger partial charge on any atom is -0.310 e. The Labute approximate surface area is 369 Å². The summed E-state index contributed by atoms with van der Waals surface area (Å²) in [5.74, 6) is 1.40. The van der Waals surface area contributed by atoms with Crippen LogP contribution in [0.4, 0.5) is 17.1 Å². The molecule has 3 nitrogen and oxygen atoms in total. The summed E-state index contributed by atoms with van der Waals surface area (Å²) >= 11 is 0. The van der Waals surface area contributed by atoms with E-state index in [2.05, 4.69) is 224 Å². The highest BCUT2D eigenvalue weighted by Crippen LogP contribution is 2.59. The van der Waals surface area contributed by atoms with Crippen LogP contribution in [0.2, 0.25) is 0 Å². The molecule has 3 heteroatoms. The van der Waals surface area contributed by atoms with Crippen LogP contribution in [0.1, 0.15) is 124 Å². The van der Waals surface area contributed by atoms with E-state index in [9.17, 15) is 0 Å². The molecule has 0 atom stereocenters. The summed E-state index contributed by atoms with van der Waals surface area (Å²) in [6.07, 6.45) is 1.94. The van der Waals surface area contributed by atoms with Crippen molar-refractivity contribution >= 4 is 17.1 Å². The van der Waals surface area contributed by atoms with Crippen molar-refractivity contribution in [2.75, 3.05) is 4.90 Å². The molecular weight excluding hydrogens is 751 g/mol. The molecule has 0 spiro atoms. The van der Waals surface area contributed by atoms with E-state index in [4.69, 9.17) is 9.97 Å². The standard InChI is InChI=1S/C59H57N3/c1-38(2)46-24-17-25-47(39(3)4)57(46)43-31-33-50-53(36-43)62(45-22-13-10-14-23-45)54-37-44(58-48(40(5)6)26-18-27-49(58)41(7)8)32-34-51(54)59(50,55-29-15-16-35-60-55)56-30-19-28-52(61-56)42-20-11-9-12-21-42/h9-41H,1-8H3. The minimum atomic E-state index is -0.879. The van der Waals surface area contributed by atoms with E-state index >= 15 is 0 Å². The smallest absolute Gasteiger partial charge is 0.108 e. The van der Waals surface area contributed by atoms with Gasteiger partial charge in [-0.05, 0) is 128 Å². The average Bonchev–Trinajstić information content (AvgIpc) is 3.30. The van der Waals surface area contributed by atoms with Crippen molar-refractivity contribution < 1.29 is 0 Å². The third kappa shape index (κ3) is 6.94. The summed E-state index contributed by atoms with van der Waals surface area (Å²) in [5.41, 5.74) is 19.1. The Morgan fingerprint density at radius 1 is 0.403 bits per heavy atom. The highest BCUT2D eigenvalue weighted by molar-refractivity contribution is 5.93. The Morgan fingerprint density at radius 2 is 0.855 bits per heavy atom. The average molecular weight is 808 g/mol. The van der Waals surface area contributed by atoms with E-state index < -0.39 is 5.41 Å². The maximum atomic E-state index is 5.66. The van der Waals surface area contributed by atoms with Gasteiger partial charge in [-0.2, -0.15) is 0 Å². The number of fused-ring (bicyclic) bond motifs is 2. The maximum absolute atomic E-state index is 5.66. The molecule has 0 N–H and O–H groups in total. The van der Waals surface area contributed by atoms with Gasteiger partial charge in [-0.15, -0.1) is 0 Å². The molecule has 6 aromatic carbocycles. The highest BCUT2D eigenvalue weighted by atomic mass is 15.2. The summed E-state index contributed by atoms with van der Waals surface area (Å²) in [6.45, 7) is 18.5. The number of anilines is 3. The molecule has 62 heavy (non-hydrogen) atoms. The van der Waals surface area contributed by atoms with Crippen LogP contribution >= 0.6 is 0 Å². The Morgan fingerprint density at radius 3 is 1.32 bits per heavy atom. The van der Waals surface area contributed by atoms with Crippen LogP contribution in [0.5, 0.6) is 0 Å². The minimum absolute atomic E-state index is 0.349. The number of nitrogens with zero attached hydrogens (tertiary/aromatic N) is 3. The predicted molar refractivity (Wildman–Crippen MR) is 261 cm³/mol. The number of hydrogen-bond acceptors (Lipinski definition) is 3. The van der Waals surface area contributed by atoms with Gasteiger partial charge in [0, 0.05) is 17.4 Å². The summed E-state index contributed by atoms with van der Waals surface area (Å²) in [4.78, 5) is 13.5. The normalized spacial score (nSPS) is 13.2. The summed E-state index contributed by atoms with van der Waals surface area (Å²) in [7, 11) is 0. The summed E-state index contributed by atoms with van der Waals surface area (Å²) in [5, 5.41) is 0. The summed E-state index contributed by atoms with van der Waals surface area (Å²) in [6, 6.07) is 62.5. The number of hydrogen-bond donors (Lipinski definition) is 0. The molecule has 0 amide bonds. The lowest BCUT2D eigenvalue weighted by Gasteiger charge is -2.45. The van der Waals surface area contributed by atoms with E-state index in [1.54, 1.807) is 0 Å². The van der Waals surface area contributed by atoms with E-state index in [-0.39, 0.29) is 0 Å². The fraction of sp³-hybridized carbons (Fsp3) is 0.220. The van der Waals surface area contributed by atoms with Gasteiger partial charge in [0.2, 0.25) is 0 Å². The van der Waals surface area contributed by atoms with Crippen LogP contribution < -0.4 is 4.90 Å². The second kappa shape index (κ2) is 16.7. The Kier molecular flexibility index (Phi) is 11.0. The van der Waals surface area contributed by atoms with E-state index in [1.165, 1.54) is 44.5 Å². The fourth-order valence-electron chi connectivity index (χ4n) is 9.96. The van der Waals surface area contributed by atoms with Crippen LogP contribution in [-0.4, -0.2) is 9.97 Å². The SMILES string of the molecule is CC(C)c1cccc(C(C)C)c1-c1ccc2c(c1)N(c1ccccc1)c1cc(-c3c(C(C)C)cccc3C(C)C)ccc1C2(c1ccccn1)c1cccc(-c2ccccc2)n1. The van der Waals surface area contributed by atoms with Gasteiger partial charge < -0.3 is 4.90 Å². The van der Waals surface area contributed by atoms with E-state index in [1.807, 2.05) is 12.3 Å². The molecule has 1 aliphatic heterocycles. The quantitative estimate of drug-likeness (QED) is 0.138. The van der Waals surface area contributed by atoms with Crippen molar-refractivity contribution in [1.29, 1.82) is 0 Å². The molecular formula is C59H57N3. The Balaban J connectivity index is 1.46. The van der Waals surface area contributed by atoms with Crippen LogP contribution in [0.15, 0.2) is 176 Å². The van der Waals surface area contributed by atoms with Crippen molar-refractivity contribution in [3.8, 4) is 33.5 Å². The van der Waals surface area contributed by atoms with Crippen molar-refractivity contribution in [3.05, 3.63) is 221 Å². The third-order valence-electron chi connectivity index (χ3n) is 12.9. The highest BCUT2D eigenvalue weighted by Gasteiger charge is 2.49. The first kappa shape index (κ1) is 40.8. The lowest BCUT2D eigenvalue weighted by atomic mass is 9.65. The molecule has 0 fully saturated rings. The molecule has 0 bridgehead atoms. The molecule has 8 aromatic rings. The second-order valence-corrected chi connectivity index (χ2v) is 18.1. The number of aromatic nitrogens is 2. The lowest BCUT2D eigenvalue weighted by molar-refractivity contribution is 0.679. The van der Waals surface area contributed by atoms with E-state index in [0.29, 0.717) is 23.7 Å². The first-order chi connectivity index (χ1) is 30.1. The maximum Gasteiger partial charge on any atom is 0.108 e. The van der Waals surface area contributed by atoms with Gasteiger partial charge in [-0.3, -0.25) is 9.97 Å². The molecule has 1 aliphatic rings. The molecule has 2 aromatic heterocycles. The van der Waals surface area contributed by atoms with Gasteiger partial charge in [0.15, 0.2) is 0 Å². The Bertz CT molecular complexity index is 2690. The number of rotatable bonds is 10. The van der Waals surface area contributed by atoms with Crippen LogP contribution in [0.3, 0.4) is 0 Å². The number of pyridine rings is 2. The first-order valence-corrected chi connectivity index (χ1v) is 22.4. The van der Waals surface area contributed by atoms with Crippen molar-refractivity contribution in [2.24, 2.45) is 0 Å². The molecule has 0 saturated heterocycles. The van der Waals surface area contributed by atoms with Crippen molar-refractivity contribution in [1.82, 2.24) is 9.97 Å². The fourth-order valence-corrected chi connectivity index (χ4v) is 9.96. The van der Waals surface area contributed by atoms with Crippen LogP contribution in [0, 0.1) is 0 Å². The molecule has 0 unspecified atom stereocenters. The second-order valence-electron chi connectivity index (χ2n) is 18.1. The van der Waals surface area contributed by atoms with Gasteiger partial charge in [0.05, 0.1) is 28.5 Å². The molecule has 0 aliphatic carbocycles. The van der Waals surface area contributed by atoms with Crippen LogP contribution in [0.25, 0.3) is 33.5 Å². The molecule has 0 radical (unpaired) electrons. The van der Waals surface area contributed by atoms with Gasteiger partial charge in [0.25, 0.3) is 0 Å². The number of para-hydroxylation sites is 1. The zero-order valence-electron chi connectivity index (χ0n) is 37.4. The van der Waals surface area contributed by atoms with Crippen molar-refractivity contribution in [3.63, 3.8) is 0 Å². The van der Waals surface area contributed by atoms with Gasteiger partial charge >= 0.3 is 0 Å². The first-order valence-electron chi connectivity index (χ1n) is 22.4. The largest absolute Gasteiger partial charge is 0.310 e. The zero-order valence-corrected chi connectivity index (χ0v) is 37.4. The molecule has 3 heterocycles.